The van der Waals surface area contributed by atoms with E-state index in [9.17, 15) is 9.18 Å². The number of ether oxygens (including phenoxy) is 2. The van der Waals surface area contributed by atoms with Crippen molar-refractivity contribution < 1.29 is 18.7 Å². The molecule has 0 radical (unpaired) electrons. The maximum absolute atomic E-state index is 13.7. The highest BCUT2D eigenvalue weighted by molar-refractivity contribution is 5.68. The average molecular weight is 360 g/mol. The van der Waals surface area contributed by atoms with Gasteiger partial charge in [0.15, 0.2) is 0 Å². The van der Waals surface area contributed by atoms with Crippen LogP contribution in [0.5, 0.6) is 5.75 Å². The van der Waals surface area contributed by atoms with Gasteiger partial charge in [-0.25, -0.2) is 9.18 Å². The van der Waals surface area contributed by atoms with Gasteiger partial charge in [-0.1, -0.05) is 0 Å². The predicted octanol–water partition coefficient (Wildman–Crippen LogP) is 4.26. The highest BCUT2D eigenvalue weighted by atomic mass is 19.1. The van der Waals surface area contributed by atoms with Gasteiger partial charge >= 0.3 is 6.09 Å². The number of piperidine rings is 1. The quantitative estimate of drug-likeness (QED) is 0.791. The number of benzene rings is 1. The van der Waals surface area contributed by atoms with Crippen molar-refractivity contribution in [3.05, 3.63) is 29.6 Å². The highest BCUT2D eigenvalue weighted by Gasteiger charge is 2.48. The summed E-state index contributed by atoms with van der Waals surface area (Å²) in [5, 5.41) is 8.77. The first-order valence-electron chi connectivity index (χ1n) is 9.04. The number of nitriles is 1. The van der Waals surface area contributed by atoms with Crippen molar-refractivity contribution in [3.8, 4) is 11.8 Å². The second kappa shape index (κ2) is 6.79. The Morgan fingerprint density at radius 2 is 1.96 bits per heavy atom. The minimum absolute atomic E-state index is 0.0249. The van der Waals surface area contributed by atoms with Crippen LogP contribution in [0.1, 0.15) is 52.0 Å². The molecule has 0 aromatic heterocycles. The van der Waals surface area contributed by atoms with Crippen molar-refractivity contribution >= 4 is 6.09 Å². The lowest BCUT2D eigenvalue weighted by atomic mass is 9.61. The van der Waals surface area contributed by atoms with E-state index in [1.165, 1.54) is 12.1 Å². The number of carbonyl (C=O) groups is 1. The van der Waals surface area contributed by atoms with Gasteiger partial charge < -0.3 is 14.4 Å². The molecule has 1 saturated carbocycles. The second-order valence-electron chi connectivity index (χ2n) is 8.37. The molecule has 0 bridgehead atoms. The Kier molecular flexibility index (Phi) is 4.83. The molecule has 0 N–H and O–H groups in total. The van der Waals surface area contributed by atoms with Crippen molar-refractivity contribution in [1.82, 2.24) is 4.90 Å². The molecule has 5 nitrogen and oxygen atoms in total. The molecule has 1 saturated heterocycles. The number of carbonyl (C=O) groups excluding carboxylic acids is 1. The molecule has 1 aromatic carbocycles. The lowest BCUT2D eigenvalue weighted by molar-refractivity contribution is -0.0583. The Hall–Kier alpha value is -2.29. The molecule has 3 rings (SSSR count). The van der Waals surface area contributed by atoms with Crippen LogP contribution in [0.3, 0.4) is 0 Å². The number of halogens is 1. The van der Waals surface area contributed by atoms with Gasteiger partial charge in [0, 0.05) is 19.2 Å². The van der Waals surface area contributed by atoms with Crippen molar-refractivity contribution in [1.29, 1.82) is 5.26 Å². The van der Waals surface area contributed by atoms with Gasteiger partial charge in [0.25, 0.3) is 0 Å². The van der Waals surface area contributed by atoms with Crippen LogP contribution in [0.25, 0.3) is 0 Å². The summed E-state index contributed by atoms with van der Waals surface area (Å²) >= 11 is 0. The predicted molar refractivity (Wildman–Crippen MR) is 94.2 cm³/mol. The van der Waals surface area contributed by atoms with Crippen LogP contribution in [0.4, 0.5) is 9.18 Å². The van der Waals surface area contributed by atoms with Gasteiger partial charge in [0.05, 0.1) is 11.7 Å². The maximum Gasteiger partial charge on any atom is 0.410 e. The molecule has 1 spiro atoms. The van der Waals surface area contributed by atoms with Crippen LogP contribution >= 0.6 is 0 Å². The lowest BCUT2D eigenvalue weighted by Crippen LogP contribution is -2.52. The van der Waals surface area contributed by atoms with E-state index in [1.807, 2.05) is 20.8 Å². The normalized spacial score (nSPS) is 19.6. The van der Waals surface area contributed by atoms with E-state index < -0.39 is 11.4 Å². The second-order valence-corrected chi connectivity index (χ2v) is 8.37. The van der Waals surface area contributed by atoms with E-state index in [4.69, 9.17) is 14.7 Å². The first-order valence-corrected chi connectivity index (χ1v) is 9.04. The lowest BCUT2D eigenvalue weighted by Gasteiger charge is -2.51. The Balaban J connectivity index is 1.47. The van der Waals surface area contributed by atoms with Crippen LogP contribution in [-0.4, -0.2) is 35.8 Å². The third kappa shape index (κ3) is 4.09. The first-order chi connectivity index (χ1) is 12.2. The van der Waals surface area contributed by atoms with Crippen LogP contribution in [0.15, 0.2) is 18.2 Å². The van der Waals surface area contributed by atoms with E-state index in [2.05, 4.69) is 0 Å². The van der Waals surface area contributed by atoms with E-state index in [1.54, 1.807) is 17.0 Å². The van der Waals surface area contributed by atoms with E-state index in [0.29, 0.717) is 18.8 Å². The SMILES string of the molecule is CC(C)(C)OC(=O)N1CCC2(CC1)CC(Oc1ccc(C#N)c(F)c1)C2. The Bertz CT molecular complexity index is 720. The molecule has 6 heteroatoms. The number of amides is 1. The van der Waals surface area contributed by atoms with Crippen molar-refractivity contribution in [2.24, 2.45) is 5.41 Å². The number of rotatable bonds is 2. The summed E-state index contributed by atoms with van der Waals surface area (Å²) in [6, 6.07) is 6.16. The number of hydrogen-bond acceptors (Lipinski definition) is 4. The van der Waals surface area contributed by atoms with Gasteiger partial charge in [0.1, 0.15) is 23.2 Å². The van der Waals surface area contributed by atoms with Gasteiger partial charge in [-0.2, -0.15) is 5.26 Å². The molecule has 2 fully saturated rings. The molecule has 26 heavy (non-hydrogen) atoms. The summed E-state index contributed by atoms with van der Waals surface area (Å²) in [6.45, 7) is 7.02. The molecule has 140 valence electrons. The minimum atomic E-state index is -0.551. The summed E-state index contributed by atoms with van der Waals surface area (Å²) < 4.78 is 24.9. The third-order valence-corrected chi connectivity index (χ3v) is 5.16. The third-order valence-electron chi connectivity index (χ3n) is 5.16. The fourth-order valence-corrected chi connectivity index (χ4v) is 3.74. The van der Waals surface area contributed by atoms with Gasteiger partial charge in [-0.05, 0) is 64.0 Å². The first kappa shape index (κ1) is 18.5. The average Bonchev–Trinajstić information content (AvgIpc) is 2.52. The monoisotopic (exact) mass is 360 g/mol. The molecule has 1 aliphatic heterocycles. The topological polar surface area (TPSA) is 62.6 Å². The van der Waals surface area contributed by atoms with Crippen molar-refractivity contribution in [2.45, 2.75) is 58.2 Å². The number of nitrogens with zero attached hydrogens (tertiary/aromatic N) is 2. The summed E-state index contributed by atoms with van der Waals surface area (Å²) in [6.07, 6.45) is 3.53. The highest BCUT2D eigenvalue weighted by Crippen LogP contribution is 2.50. The largest absolute Gasteiger partial charge is 0.490 e. The van der Waals surface area contributed by atoms with Gasteiger partial charge in [-0.15, -0.1) is 0 Å². The zero-order valence-electron chi connectivity index (χ0n) is 15.5. The fourth-order valence-electron chi connectivity index (χ4n) is 3.74. The summed E-state index contributed by atoms with van der Waals surface area (Å²) in [5.41, 5.74) is -0.233. The Morgan fingerprint density at radius 1 is 1.31 bits per heavy atom. The molecule has 1 aromatic rings. The smallest absolute Gasteiger partial charge is 0.410 e. The molecule has 0 atom stereocenters. The molecule has 1 heterocycles. The standard InChI is InChI=1S/C20H25FN2O3/c1-19(2,3)26-18(24)23-8-6-20(7-9-23)11-16(12-20)25-15-5-4-14(13-22)17(21)10-15/h4-5,10,16H,6-9,11-12H2,1-3H3. The molecule has 1 aliphatic carbocycles. The van der Waals surface area contributed by atoms with Gasteiger partial charge in [0.2, 0.25) is 0 Å². The van der Waals surface area contributed by atoms with Crippen LogP contribution in [0.2, 0.25) is 0 Å². The maximum atomic E-state index is 13.7. The Labute approximate surface area is 153 Å². The molecule has 2 aliphatic rings. The zero-order valence-corrected chi connectivity index (χ0v) is 15.5. The van der Waals surface area contributed by atoms with E-state index in [-0.39, 0.29) is 23.2 Å². The van der Waals surface area contributed by atoms with Crippen molar-refractivity contribution in [3.63, 3.8) is 0 Å². The van der Waals surface area contributed by atoms with Gasteiger partial charge in [-0.3, -0.25) is 0 Å². The van der Waals surface area contributed by atoms with Crippen LogP contribution in [-0.2, 0) is 4.74 Å². The molecular formula is C20H25FN2O3. The van der Waals surface area contributed by atoms with E-state index in [0.717, 1.165) is 25.7 Å². The summed E-state index contributed by atoms with van der Waals surface area (Å²) in [5.74, 6) is -0.0859. The van der Waals surface area contributed by atoms with E-state index >= 15 is 0 Å². The molecular weight excluding hydrogens is 335 g/mol. The summed E-state index contributed by atoms with van der Waals surface area (Å²) in [4.78, 5) is 13.9. The van der Waals surface area contributed by atoms with Crippen molar-refractivity contribution in [2.75, 3.05) is 13.1 Å². The number of hydrogen-bond donors (Lipinski definition) is 0. The van der Waals surface area contributed by atoms with Crippen LogP contribution in [0, 0.1) is 22.6 Å². The summed E-state index contributed by atoms with van der Waals surface area (Å²) in [7, 11) is 0. The van der Waals surface area contributed by atoms with Crippen LogP contribution < -0.4 is 4.74 Å². The fraction of sp³-hybridized carbons (Fsp3) is 0.600. The molecule has 1 amide bonds. The zero-order chi connectivity index (χ0) is 18.9. The molecule has 0 unspecified atom stereocenters. The minimum Gasteiger partial charge on any atom is -0.490 e. The number of likely N-dealkylation sites (tertiary alicyclic amines) is 1. The Morgan fingerprint density at radius 3 is 2.50 bits per heavy atom.